The molecule has 188 valence electrons. The van der Waals surface area contributed by atoms with Crippen LogP contribution in [0.5, 0.6) is 5.75 Å². The summed E-state index contributed by atoms with van der Waals surface area (Å²) in [7, 11) is 1.57. The SMILES string of the molecule is COc1ccc(-c2c(C#N)c(N)nc(SCC(=O)c3ccc4c(c3)C(C)(C)CCC4(C)C)c2C#N)cc1. The maximum Gasteiger partial charge on any atom is 0.173 e. The Labute approximate surface area is 222 Å². The monoisotopic (exact) mass is 510 g/mol. The number of nitrogen functional groups attached to an aromatic ring is 1. The third-order valence-electron chi connectivity index (χ3n) is 7.31. The van der Waals surface area contributed by atoms with Crippen molar-refractivity contribution in [3.05, 3.63) is 70.3 Å². The van der Waals surface area contributed by atoms with E-state index in [1.165, 1.54) is 11.1 Å². The van der Waals surface area contributed by atoms with E-state index in [4.69, 9.17) is 10.5 Å². The second-order valence-corrected chi connectivity index (χ2v) is 11.6. The number of carbonyl (C=O) groups excluding carboxylic acids is 1. The highest BCUT2D eigenvalue weighted by Gasteiger charge is 2.37. The fraction of sp³-hybridized carbons (Fsp3) is 0.333. The van der Waals surface area contributed by atoms with Gasteiger partial charge in [-0.15, -0.1) is 0 Å². The maximum atomic E-state index is 13.3. The van der Waals surface area contributed by atoms with Crippen LogP contribution in [0.15, 0.2) is 47.5 Å². The van der Waals surface area contributed by atoms with Crippen molar-refractivity contribution in [2.45, 2.75) is 56.4 Å². The molecule has 0 fully saturated rings. The molecule has 0 spiro atoms. The van der Waals surface area contributed by atoms with Crippen molar-refractivity contribution < 1.29 is 9.53 Å². The first-order valence-corrected chi connectivity index (χ1v) is 13.1. The summed E-state index contributed by atoms with van der Waals surface area (Å²) in [6.07, 6.45) is 2.17. The first kappa shape index (κ1) is 26.3. The van der Waals surface area contributed by atoms with Crippen molar-refractivity contribution in [2.75, 3.05) is 18.6 Å². The fourth-order valence-corrected chi connectivity index (χ4v) is 5.82. The highest BCUT2D eigenvalue weighted by atomic mass is 32.2. The normalized spacial score (nSPS) is 15.2. The van der Waals surface area contributed by atoms with E-state index in [0.29, 0.717) is 27.5 Å². The van der Waals surface area contributed by atoms with Crippen LogP contribution in [0.3, 0.4) is 0 Å². The van der Waals surface area contributed by atoms with Crippen LogP contribution >= 0.6 is 11.8 Å². The summed E-state index contributed by atoms with van der Waals surface area (Å²) < 4.78 is 5.22. The molecule has 0 bridgehead atoms. The summed E-state index contributed by atoms with van der Waals surface area (Å²) in [6.45, 7) is 8.97. The van der Waals surface area contributed by atoms with Crippen molar-refractivity contribution in [3.8, 4) is 29.0 Å². The fourth-order valence-electron chi connectivity index (χ4n) is 4.93. The number of rotatable bonds is 6. The lowest BCUT2D eigenvalue weighted by atomic mass is 9.63. The molecule has 37 heavy (non-hydrogen) atoms. The number of nitrogens with two attached hydrogens (primary N) is 1. The van der Waals surface area contributed by atoms with E-state index < -0.39 is 0 Å². The summed E-state index contributed by atoms with van der Waals surface area (Å²) >= 11 is 1.16. The Morgan fingerprint density at radius 2 is 1.62 bits per heavy atom. The molecular weight excluding hydrogens is 480 g/mol. The van der Waals surface area contributed by atoms with Crippen molar-refractivity contribution in [1.82, 2.24) is 4.98 Å². The van der Waals surface area contributed by atoms with E-state index in [1.54, 1.807) is 31.4 Å². The molecule has 1 aliphatic carbocycles. The molecular formula is C30H30N4O2S. The number of hydrogen-bond acceptors (Lipinski definition) is 7. The molecule has 3 aromatic rings. The Balaban J connectivity index is 1.67. The van der Waals surface area contributed by atoms with Gasteiger partial charge in [0.25, 0.3) is 0 Å². The zero-order chi connectivity index (χ0) is 27.0. The van der Waals surface area contributed by atoms with Gasteiger partial charge >= 0.3 is 0 Å². The summed E-state index contributed by atoms with van der Waals surface area (Å²) in [5.74, 6) is 0.726. The van der Waals surface area contributed by atoms with Gasteiger partial charge in [0.2, 0.25) is 0 Å². The van der Waals surface area contributed by atoms with E-state index in [-0.39, 0.29) is 39.3 Å². The number of Topliss-reactive ketones (excluding diaryl/α,β-unsaturated/α-hetero) is 1. The van der Waals surface area contributed by atoms with Gasteiger partial charge in [-0.2, -0.15) is 10.5 Å². The van der Waals surface area contributed by atoms with Gasteiger partial charge in [0.05, 0.1) is 18.4 Å². The number of methoxy groups -OCH3 is 1. The third kappa shape index (κ3) is 4.92. The predicted octanol–water partition coefficient (Wildman–Crippen LogP) is 6.41. The minimum Gasteiger partial charge on any atom is -0.497 e. The quantitative estimate of drug-likeness (QED) is 0.301. The lowest BCUT2D eigenvalue weighted by Gasteiger charge is -2.42. The van der Waals surface area contributed by atoms with Gasteiger partial charge in [-0.25, -0.2) is 4.98 Å². The molecule has 1 aromatic heterocycles. The number of fused-ring (bicyclic) bond motifs is 1. The second kappa shape index (κ2) is 9.92. The topological polar surface area (TPSA) is 113 Å². The van der Waals surface area contributed by atoms with Gasteiger partial charge in [0.1, 0.15) is 34.3 Å². The Hall–Kier alpha value is -3.81. The molecule has 1 heterocycles. The van der Waals surface area contributed by atoms with Crippen LogP contribution < -0.4 is 10.5 Å². The number of pyridine rings is 1. The van der Waals surface area contributed by atoms with E-state index >= 15 is 0 Å². The standard InChI is InChI=1S/C30H30N4O2S/c1-29(2)12-13-30(3,4)24-14-19(8-11-23(24)29)25(35)17-37-28-22(16-32)26(21(15-31)27(33)34-28)18-6-9-20(36-5)10-7-18/h6-11,14H,12-13,17H2,1-5H3,(H2,33,34). The van der Waals surface area contributed by atoms with Crippen LogP contribution in [0.1, 0.15) is 73.1 Å². The average molecular weight is 511 g/mol. The smallest absolute Gasteiger partial charge is 0.173 e. The summed E-state index contributed by atoms with van der Waals surface area (Å²) in [4.78, 5) is 17.6. The Kier molecular flexibility index (Phi) is 7.04. The molecule has 0 radical (unpaired) electrons. The van der Waals surface area contributed by atoms with Crippen LogP contribution in [-0.2, 0) is 10.8 Å². The number of ketones is 1. The van der Waals surface area contributed by atoms with Crippen molar-refractivity contribution in [1.29, 1.82) is 10.5 Å². The lowest BCUT2D eigenvalue weighted by Crippen LogP contribution is -2.34. The zero-order valence-electron chi connectivity index (χ0n) is 21.8. The second-order valence-electron chi connectivity index (χ2n) is 10.6. The zero-order valence-corrected chi connectivity index (χ0v) is 22.6. The van der Waals surface area contributed by atoms with Gasteiger partial charge in [-0.05, 0) is 58.6 Å². The molecule has 0 saturated heterocycles. The Bertz CT molecular complexity index is 1460. The first-order valence-electron chi connectivity index (χ1n) is 12.1. The Morgan fingerprint density at radius 3 is 2.22 bits per heavy atom. The number of ether oxygens (including phenoxy) is 1. The summed E-state index contributed by atoms with van der Waals surface area (Å²) in [6, 6.07) is 17.3. The number of nitriles is 2. The molecule has 2 aromatic carbocycles. The molecule has 6 nitrogen and oxygen atoms in total. The highest BCUT2D eigenvalue weighted by Crippen LogP contribution is 2.46. The van der Waals surface area contributed by atoms with Gasteiger partial charge in [-0.3, -0.25) is 4.79 Å². The van der Waals surface area contributed by atoms with E-state index in [9.17, 15) is 15.3 Å². The maximum absolute atomic E-state index is 13.3. The minimum absolute atomic E-state index is 0.00133. The number of benzene rings is 2. The molecule has 0 atom stereocenters. The van der Waals surface area contributed by atoms with Crippen LogP contribution in [0, 0.1) is 22.7 Å². The van der Waals surface area contributed by atoms with Crippen molar-refractivity contribution >= 4 is 23.4 Å². The molecule has 4 rings (SSSR count). The number of hydrogen-bond donors (Lipinski definition) is 1. The molecule has 0 unspecified atom stereocenters. The third-order valence-corrected chi connectivity index (χ3v) is 8.28. The number of anilines is 1. The van der Waals surface area contributed by atoms with Crippen molar-refractivity contribution in [2.24, 2.45) is 0 Å². The highest BCUT2D eigenvalue weighted by molar-refractivity contribution is 8.00. The van der Waals surface area contributed by atoms with E-state index in [1.807, 2.05) is 12.1 Å². The molecule has 7 heteroatoms. The van der Waals surface area contributed by atoms with Gasteiger partial charge < -0.3 is 10.5 Å². The van der Waals surface area contributed by atoms with Gasteiger partial charge in [0.15, 0.2) is 5.78 Å². The number of carbonyl (C=O) groups is 1. The van der Waals surface area contributed by atoms with Crippen LogP contribution in [-0.4, -0.2) is 23.6 Å². The number of aromatic nitrogens is 1. The molecule has 0 saturated carbocycles. The van der Waals surface area contributed by atoms with Crippen LogP contribution in [0.4, 0.5) is 5.82 Å². The van der Waals surface area contributed by atoms with E-state index in [0.717, 1.165) is 24.6 Å². The largest absolute Gasteiger partial charge is 0.497 e. The van der Waals surface area contributed by atoms with Crippen LogP contribution in [0.2, 0.25) is 0 Å². The number of nitrogens with zero attached hydrogens (tertiary/aromatic N) is 3. The number of thioether (sulfide) groups is 1. The van der Waals surface area contributed by atoms with Crippen LogP contribution in [0.25, 0.3) is 11.1 Å². The lowest BCUT2D eigenvalue weighted by molar-refractivity contribution is 0.102. The van der Waals surface area contributed by atoms with Crippen molar-refractivity contribution in [3.63, 3.8) is 0 Å². The Morgan fingerprint density at radius 1 is 1.00 bits per heavy atom. The first-order chi connectivity index (χ1) is 17.5. The average Bonchev–Trinajstić information content (AvgIpc) is 2.89. The van der Waals surface area contributed by atoms with Gasteiger partial charge in [-0.1, -0.05) is 63.7 Å². The summed E-state index contributed by atoms with van der Waals surface area (Å²) in [5, 5.41) is 20.1. The van der Waals surface area contributed by atoms with Gasteiger partial charge in [0, 0.05) is 11.1 Å². The van der Waals surface area contributed by atoms with E-state index in [2.05, 4.69) is 50.9 Å². The molecule has 2 N–H and O–H groups in total. The molecule has 0 aliphatic heterocycles. The molecule has 0 amide bonds. The molecule has 1 aliphatic rings. The predicted molar refractivity (Wildman–Crippen MR) is 147 cm³/mol. The minimum atomic E-state index is -0.0494. The summed E-state index contributed by atoms with van der Waals surface area (Å²) in [5.41, 5.74) is 10.8.